The fourth-order valence-corrected chi connectivity index (χ4v) is 9.01. The van der Waals surface area contributed by atoms with Crippen LogP contribution in [0, 0.1) is 12.3 Å². The lowest BCUT2D eigenvalue weighted by Gasteiger charge is -2.45. The summed E-state index contributed by atoms with van der Waals surface area (Å²) in [6.07, 6.45) is 11.5. The number of anilines is 2. The minimum atomic E-state index is -1.32. The Kier molecular flexibility index (Phi) is 8.77. The van der Waals surface area contributed by atoms with Crippen molar-refractivity contribution in [2.75, 3.05) is 37.0 Å². The van der Waals surface area contributed by atoms with Crippen molar-refractivity contribution in [2.45, 2.75) is 73.5 Å². The lowest BCUT2D eigenvalue weighted by molar-refractivity contribution is 0.170. The number of hydrogen-bond acceptors (Lipinski definition) is 10. The Morgan fingerprint density at radius 3 is 2.63 bits per heavy atom. The molecule has 9 nitrogen and oxygen atoms in total. The normalized spacial score (nSPS) is 17.8. The molecule has 1 spiro atoms. The number of pyridine rings is 2. The molecule has 256 valence electrons. The molecule has 1 aliphatic heterocycles. The summed E-state index contributed by atoms with van der Waals surface area (Å²) in [5.41, 5.74) is 5.36. The number of benzene rings is 1. The van der Waals surface area contributed by atoms with E-state index in [2.05, 4.69) is 40.3 Å². The van der Waals surface area contributed by atoms with Crippen molar-refractivity contribution in [1.29, 1.82) is 0 Å². The second kappa shape index (κ2) is 13.7. The zero-order valence-electron chi connectivity index (χ0n) is 30.3. The monoisotopic (exact) mass is 716 g/mol. The summed E-state index contributed by atoms with van der Waals surface area (Å²) in [5, 5.41) is 6.54. The summed E-state index contributed by atoms with van der Waals surface area (Å²) in [4.78, 5) is 24.9. The average Bonchev–Trinajstić information content (AvgIpc) is 3.73. The number of hydrogen-bond donors (Lipinski definition) is 1. The topological polar surface area (TPSA) is 97.7 Å². The maximum absolute atomic E-state index is 8.30. The molecule has 1 aliphatic carbocycles. The molecule has 0 bridgehead atoms. The number of aromatic nitrogens is 5. The Hall–Kier alpha value is -3.51. The van der Waals surface area contributed by atoms with Crippen LogP contribution in [0.2, 0.25) is 5.02 Å². The van der Waals surface area contributed by atoms with E-state index in [0.29, 0.717) is 23.3 Å². The molecule has 1 saturated heterocycles. The van der Waals surface area contributed by atoms with Gasteiger partial charge in [0, 0.05) is 69.5 Å². The van der Waals surface area contributed by atoms with E-state index < -0.39 is 7.00 Å². The number of nitrogens with two attached hydrogens (primary N) is 1. The van der Waals surface area contributed by atoms with Gasteiger partial charge in [-0.2, -0.15) is 0 Å². The van der Waals surface area contributed by atoms with Crippen LogP contribution >= 0.6 is 35.3 Å². The molecule has 12 heteroatoms. The third-order valence-corrected chi connectivity index (χ3v) is 12.6. The fraction of sp³-hybridized carbons (Fsp3) is 0.405. The molecule has 1 fully saturated rings. The van der Waals surface area contributed by atoms with Crippen LogP contribution in [0.15, 0.2) is 77.0 Å². The van der Waals surface area contributed by atoms with Crippen LogP contribution in [0.25, 0.3) is 5.65 Å². The SMILES string of the molecule is [2H]C([2H])N(Cc1ccc(OC)cc1)c1nccc(Sc2c(C)nc(N3CCC4(CC3)Cc3ncccc3[C@H]4CC(C)(C)SN)n3ccnc23)c1Cl. The molecule has 5 heterocycles. The van der Waals surface area contributed by atoms with Crippen LogP contribution in [0.3, 0.4) is 0 Å². The highest BCUT2D eigenvalue weighted by atomic mass is 35.5. The predicted octanol–water partition coefficient (Wildman–Crippen LogP) is 7.98. The van der Waals surface area contributed by atoms with Crippen LogP contribution < -0.4 is 19.7 Å². The summed E-state index contributed by atoms with van der Waals surface area (Å²) in [6.45, 7) is 7.26. The summed E-state index contributed by atoms with van der Waals surface area (Å²) >= 11 is 9.95. The maximum atomic E-state index is 8.30. The van der Waals surface area contributed by atoms with E-state index in [9.17, 15) is 0 Å². The van der Waals surface area contributed by atoms with Crippen LogP contribution in [-0.4, -0.2) is 56.3 Å². The van der Waals surface area contributed by atoms with Gasteiger partial charge in [-0.1, -0.05) is 53.5 Å². The van der Waals surface area contributed by atoms with Gasteiger partial charge in [-0.25, -0.2) is 15.0 Å². The molecule has 49 heavy (non-hydrogen) atoms. The van der Waals surface area contributed by atoms with E-state index in [1.165, 1.54) is 35.0 Å². The molecule has 7 rings (SSSR count). The Balaban J connectivity index is 1.13. The number of halogens is 1. The van der Waals surface area contributed by atoms with Gasteiger partial charge in [-0.3, -0.25) is 14.5 Å². The summed E-state index contributed by atoms with van der Waals surface area (Å²) in [5.74, 6) is 2.43. The maximum Gasteiger partial charge on any atom is 0.211 e. The standard InChI is InChI=1S/C37H43ClN8OS2/c1-24-32(48-30-12-16-41-33(31(30)38)44(4)23-25-8-10-26(47-5)11-9-25)34-42-17-20-46(34)35(43-24)45-18-13-37(14-19-45)22-29-27(7-6-15-40-29)28(37)21-36(2,3)49-39/h6-12,15-17,20,28H,13-14,18-19,21-23,39H2,1-5H3/t28-/m1/s1/i4D2. The quantitative estimate of drug-likeness (QED) is 0.143. The van der Waals surface area contributed by atoms with Crippen molar-refractivity contribution < 1.29 is 7.48 Å². The molecule has 4 aromatic heterocycles. The number of methoxy groups -OCH3 is 1. The van der Waals surface area contributed by atoms with Crippen molar-refractivity contribution in [3.63, 3.8) is 0 Å². The molecule has 0 unspecified atom stereocenters. The van der Waals surface area contributed by atoms with E-state index in [-0.39, 0.29) is 10.2 Å². The predicted molar refractivity (Wildman–Crippen MR) is 201 cm³/mol. The zero-order valence-corrected chi connectivity index (χ0v) is 30.7. The minimum absolute atomic E-state index is 0.0290. The Bertz CT molecular complexity index is 2020. The van der Waals surface area contributed by atoms with Crippen LogP contribution in [0.4, 0.5) is 11.8 Å². The van der Waals surface area contributed by atoms with Gasteiger partial charge in [0.05, 0.1) is 22.7 Å². The molecular formula is C37H43ClN8OS2. The number of fused-ring (bicyclic) bond motifs is 2. The number of rotatable bonds is 10. The van der Waals surface area contributed by atoms with E-state index in [1.54, 1.807) is 18.2 Å². The van der Waals surface area contributed by atoms with Gasteiger partial charge in [0.1, 0.15) is 11.6 Å². The molecular weight excluding hydrogens is 672 g/mol. The number of piperidine rings is 1. The molecule has 5 aromatic rings. The second-order valence-electron chi connectivity index (χ2n) is 13.7. The molecule has 0 saturated carbocycles. The molecule has 2 N–H and O–H groups in total. The first kappa shape index (κ1) is 31.5. The first-order valence-electron chi connectivity index (χ1n) is 17.6. The highest BCUT2D eigenvalue weighted by molar-refractivity contribution is 7.99. The van der Waals surface area contributed by atoms with Gasteiger partial charge in [0.25, 0.3) is 0 Å². The highest BCUT2D eigenvalue weighted by Crippen LogP contribution is 2.56. The first-order valence-corrected chi connectivity index (χ1v) is 18.6. The van der Waals surface area contributed by atoms with Gasteiger partial charge < -0.3 is 14.5 Å². The lowest BCUT2D eigenvalue weighted by atomic mass is 9.67. The Morgan fingerprint density at radius 1 is 1.10 bits per heavy atom. The third kappa shape index (κ3) is 6.58. The van der Waals surface area contributed by atoms with Crippen molar-refractivity contribution in [3.8, 4) is 5.75 Å². The van der Waals surface area contributed by atoms with Gasteiger partial charge in [0.15, 0.2) is 5.65 Å². The Labute approximate surface area is 305 Å². The van der Waals surface area contributed by atoms with Crippen LogP contribution in [0.1, 0.15) is 64.3 Å². The van der Waals surface area contributed by atoms with E-state index >= 15 is 0 Å². The lowest BCUT2D eigenvalue weighted by Crippen LogP contribution is -2.44. The minimum Gasteiger partial charge on any atom is -0.497 e. The van der Waals surface area contributed by atoms with E-state index in [0.717, 1.165) is 77.2 Å². The van der Waals surface area contributed by atoms with E-state index in [4.69, 9.17) is 39.2 Å². The second-order valence-corrected chi connectivity index (χ2v) is 16.4. The zero-order chi connectivity index (χ0) is 35.9. The smallest absolute Gasteiger partial charge is 0.211 e. The van der Waals surface area contributed by atoms with E-state index in [1.807, 2.05) is 55.8 Å². The van der Waals surface area contributed by atoms with Gasteiger partial charge in [-0.05, 0) is 93.2 Å². The summed E-state index contributed by atoms with van der Waals surface area (Å²) < 4.78 is 23.9. The van der Waals surface area contributed by atoms with Gasteiger partial charge >= 0.3 is 0 Å². The molecule has 2 aliphatic rings. The van der Waals surface area contributed by atoms with Crippen molar-refractivity contribution in [2.24, 2.45) is 10.6 Å². The third-order valence-electron chi connectivity index (χ3n) is 10.1. The Morgan fingerprint density at radius 2 is 1.90 bits per heavy atom. The molecule has 0 amide bonds. The average molecular weight is 717 g/mol. The molecule has 1 aromatic carbocycles. The molecule has 0 radical (unpaired) electrons. The van der Waals surface area contributed by atoms with Crippen LogP contribution in [-0.2, 0) is 13.0 Å². The van der Waals surface area contributed by atoms with Gasteiger partial charge in [0.2, 0.25) is 5.95 Å². The molecule has 1 atom stereocenters. The number of aryl methyl sites for hydroxylation is 1. The van der Waals surface area contributed by atoms with Crippen molar-refractivity contribution >= 4 is 52.7 Å². The summed E-state index contributed by atoms with van der Waals surface area (Å²) in [6, 6.07) is 13.8. The number of imidazole rings is 1. The number of ether oxygens (including phenoxy) is 1. The van der Waals surface area contributed by atoms with Gasteiger partial charge in [-0.15, -0.1) is 0 Å². The first-order chi connectivity index (χ1) is 24.5. The highest BCUT2D eigenvalue weighted by Gasteiger charge is 2.49. The summed E-state index contributed by atoms with van der Waals surface area (Å²) in [7, 11) is 1.62. The fourth-order valence-electron chi connectivity index (χ4n) is 7.44. The number of nitrogens with zero attached hydrogens (tertiary/aromatic N) is 7. The van der Waals surface area contributed by atoms with Crippen LogP contribution in [0.5, 0.6) is 5.75 Å². The van der Waals surface area contributed by atoms with Crippen molar-refractivity contribution in [3.05, 3.63) is 94.8 Å². The largest absolute Gasteiger partial charge is 0.497 e. The van der Waals surface area contributed by atoms with Crippen molar-refractivity contribution in [1.82, 2.24) is 24.3 Å².